The van der Waals surface area contributed by atoms with Gasteiger partial charge in [0, 0.05) is 11.6 Å². The van der Waals surface area contributed by atoms with Crippen LogP contribution in [0, 0.1) is 0 Å². The Morgan fingerprint density at radius 2 is 2.31 bits per heavy atom. The molecule has 0 aliphatic rings. The molecule has 4 heteroatoms. The van der Waals surface area contributed by atoms with E-state index in [9.17, 15) is 0 Å². The molecule has 1 atom stereocenters. The molecule has 3 nitrogen and oxygen atoms in total. The Morgan fingerprint density at radius 1 is 1.56 bits per heavy atom. The molecule has 0 amide bonds. The molecule has 0 aliphatic carbocycles. The monoisotopic (exact) mass is 241 g/mol. The lowest BCUT2D eigenvalue weighted by molar-refractivity contribution is 0.186. The maximum Gasteiger partial charge on any atom is 0.214 e. The number of ether oxygens (including phenoxy) is 1. The molecule has 0 radical (unpaired) electrons. The van der Waals surface area contributed by atoms with E-state index in [2.05, 4.69) is 4.98 Å². The van der Waals surface area contributed by atoms with Crippen molar-refractivity contribution in [3.8, 4) is 5.88 Å². The van der Waals surface area contributed by atoms with Crippen LogP contribution in [0.4, 0.5) is 0 Å². The second-order valence-electron chi connectivity index (χ2n) is 3.56. The third-order valence-electron chi connectivity index (χ3n) is 2.11. The third kappa shape index (κ3) is 4.21. The molecule has 0 saturated heterocycles. The molecule has 16 heavy (non-hydrogen) atoms. The summed E-state index contributed by atoms with van der Waals surface area (Å²) in [5.41, 5.74) is 0.855. The molecule has 0 saturated carbocycles. The summed E-state index contributed by atoms with van der Waals surface area (Å²) in [6.45, 7) is 1.77. The van der Waals surface area contributed by atoms with Gasteiger partial charge in [0.1, 0.15) is 5.15 Å². The van der Waals surface area contributed by atoms with Gasteiger partial charge in [0.05, 0.1) is 13.2 Å². The maximum atomic E-state index is 9.08. The van der Waals surface area contributed by atoms with Crippen molar-refractivity contribution in [1.82, 2.24) is 4.98 Å². The number of methoxy groups -OCH3 is 1. The van der Waals surface area contributed by atoms with Crippen LogP contribution in [0.3, 0.4) is 0 Å². The van der Waals surface area contributed by atoms with Gasteiger partial charge in [0.25, 0.3) is 0 Å². The molecule has 0 spiro atoms. The summed E-state index contributed by atoms with van der Waals surface area (Å²) in [7, 11) is 1.55. The predicted molar refractivity (Wildman–Crippen MR) is 65.7 cm³/mol. The number of aliphatic hydroxyl groups excluding tert-OH is 1. The minimum atomic E-state index is -0.269. The predicted octanol–water partition coefficient (Wildman–Crippen LogP) is 2.92. The van der Waals surface area contributed by atoms with Crippen LogP contribution < -0.4 is 4.74 Å². The lowest BCUT2D eigenvalue weighted by Crippen LogP contribution is -1.96. The van der Waals surface area contributed by atoms with E-state index < -0.39 is 0 Å². The Morgan fingerprint density at radius 3 is 2.88 bits per heavy atom. The van der Waals surface area contributed by atoms with Gasteiger partial charge in [-0.2, -0.15) is 0 Å². The van der Waals surface area contributed by atoms with Crippen molar-refractivity contribution in [3.63, 3.8) is 0 Å². The van der Waals surface area contributed by atoms with E-state index in [0.717, 1.165) is 18.4 Å². The molecule has 1 aromatic heterocycles. The summed E-state index contributed by atoms with van der Waals surface area (Å²) in [5.74, 6) is 0.506. The first-order valence-electron chi connectivity index (χ1n) is 5.18. The standard InChI is InChI=1S/C12H16ClNO2/c1-9(15)5-3-4-6-10-7-8-11(16-2)14-12(10)13/h4,6-9,15H,3,5H2,1-2H3/b6-4+/t9-/m1/s1. The summed E-state index contributed by atoms with van der Waals surface area (Å²) in [6, 6.07) is 3.62. The highest BCUT2D eigenvalue weighted by molar-refractivity contribution is 6.30. The molecule has 1 heterocycles. The number of hydrogen-bond acceptors (Lipinski definition) is 3. The van der Waals surface area contributed by atoms with E-state index in [4.69, 9.17) is 21.4 Å². The van der Waals surface area contributed by atoms with Crippen molar-refractivity contribution in [2.24, 2.45) is 0 Å². The van der Waals surface area contributed by atoms with Crippen LogP contribution in [-0.4, -0.2) is 23.3 Å². The summed E-state index contributed by atoms with van der Waals surface area (Å²) < 4.78 is 4.95. The number of hydrogen-bond donors (Lipinski definition) is 1. The highest BCUT2D eigenvalue weighted by atomic mass is 35.5. The van der Waals surface area contributed by atoms with E-state index >= 15 is 0 Å². The lowest BCUT2D eigenvalue weighted by Gasteiger charge is -2.02. The molecule has 0 bridgehead atoms. The fourth-order valence-electron chi connectivity index (χ4n) is 1.21. The van der Waals surface area contributed by atoms with Gasteiger partial charge >= 0.3 is 0 Å². The van der Waals surface area contributed by atoms with Gasteiger partial charge in [-0.15, -0.1) is 0 Å². The second-order valence-corrected chi connectivity index (χ2v) is 3.92. The second kappa shape index (κ2) is 6.51. The highest BCUT2D eigenvalue weighted by Crippen LogP contribution is 2.19. The van der Waals surface area contributed by atoms with Gasteiger partial charge in [-0.1, -0.05) is 23.8 Å². The van der Waals surface area contributed by atoms with Gasteiger partial charge < -0.3 is 9.84 Å². The summed E-state index contributed by atoms with van der Waals surface area (Å²) in [4.78, 5) is 4.05. The van der Waals surface area contributed by atoms with Gasteiger partial charge in [0.2, 0.25) is 5.88 Å². The number of rotatable bonds is 5. The van der Waals surface area contributed by atoms with Crippen LogP contribution in [0.5, 0.6) is 5.88 Å². The van der Waals surface area contributed by atoms with Crippen molar-refractivity contribution in [2.45, 2.75) is 25.9 Å². The number of nitrogens with zero attached hydrogens (tertiary/aromatic N) is 1. The number of pyridine rings is 1. The fraction of sp³-hybridized carbons (Fsp3) is 0.417. The normalized spacial score (nSPS) is 13.0. The van der Waals surface area contributed by atoms with Crippen molar-refractivity contribution < 1.29 is 9.84 Å². The average Bonchev–Trinajstić information content (AvgIpc) is 2.25. The van der Waals surface area contributed by atoms with E-state index in [-0.39, 0.29) is 6.10 Å². The average molecular weight is 242 g/mol. The largest absolute Gasteiger partial charge is 0.481 e. The lowest BCUT2D eigenvalue weighted by atomic mass is 10.2. The Balaban J connectivity index is 2.60. The molecule has 1 rings (SSSR count). The number of aliphatic hydroxyl groups is 1. The van der Waals surface area contributed by atoms with Gasteiger partial charge in [-0.05, 0) is 25.8 Å². The SMILES string of the molecule is COc1ccc(/C=C/CC[C@@H](C)O)c(Cl)n1. The van der Waals surface area contributed by atoms with Crippen LogP contribution in [0.1, 0.15) is 25.3 Å². The maximum absolute atomic E-state index is 9.08. The zero-order valence-corrected chi connectivity index (χ0v) is 10.2. The van der Waals surface area contributed by atoms with E-state index in [1.807, 2.05) is 18.2 Å². The van der Waals surface area contributed by atoms with Crippen LogP contribution in [-0.2, 0) is 0 Å². The van der Waals surface area contributed by atoms with Crippen molar-refractivity contribution in [2.75, 3.05) is 7.11 Å². The smallest absolute Gasteiger partial charge is 0.214 e. The van der Waals surface area contributed by atoms with Crippen molar-refractivity contribution >= 4 is 17.7 Å². The fourth-order valence-corrected chi connectivity index (χ4v) is 1.42. The molecule has 0 fully saturated rings. The first-order valence-corrected chi connectivity index (χ1v) is 5.56. The molecule has 0 aliphatic heterocycles. The Labute approximate surface area is 101 Å². The van der Waals surface area contributed by atoms with E-state index in [1.54, 1.807) is 20.1 Å². The van der Waals surface area contributed by atoms with Gasteiger partial charge in [-0.25, -0.2) is 4.98 Å². The van der Waals surface area contributed by atoms with Gasteiger partial charge in [-0.3, -0.25) is 0 Å². The summed E-state index contributed by atoms with van der Waals surface area (Å²) >= 11 is 5.96. The van der Waals surface area contributed by atoms with Crippen LogP contribution in [0.25, 0.3) is 6.08 Å². The Bertz CT molecular complexity index is 364. The zero-order valence-electron chi connectivity index (χ0n) is 9.48. The van der Waals surface area contributed by atoms with E-state index in [0.29, 0.717) is 11.0 Å². The highest BCUT2D eigenvalue weighted by Gasteiger charge is 2.00. The third-order valence-corrected chi connectivity index (χ3v) is 2.41. The van der Waals surface area contributed by atoms with E-state index in [1.165, 1.54) is 0 Å². The Hall–Kier alpha value is -1.06. The topological polar surface area (TPSA) is 42.4 Å². The molecule has 88 valence electrons. The Kier molecular flexibility index (Phi) is 5.29. The number of halogens is 1. The molecule has 0 aromatic carbocycles. The first-order chi connectivity index (χ1) is 7.63. The van der Waals surface area contributed by atoms with Crippen LogP contribution >= 0.6 is 11.6 Å². The number of allylic oxidation sites excluding steroid dienone is 1. The quantitative estimate of drug-likeness (QED) is 0.806. The molecule has 1 aromatic rings. The minimum Gasteiger partial charge on any atom is -0.481 e. The molecule has 1 N–H and O–H groups in total. The molecular formula is C12H16ClNO2. The van der Waals surface area contributed by atoms with Crippen molar-refractivity contribution in [3.05, 3.63) is 28.9 Å². The zero-order chi connectivity index (χ0) is 12.0. The molecular weight excluding hydrogens is 226 g/mol. The minimum absolute atomic E-state index is 0.269. The van der Waals surface area contributed by atoms with Crippen molar-refractivity contribution in [1.29, 1.82) is 0 Å². The summed E-state index contributed by atoms with van der Waals surface area (Å²) in [6.07, 6.45) is 5.17. The van der Waals surface area contributed by atoms with Crippen LogP contribution in [0.2, 0.25) is 5.15 Å². The first kappa shape index (κ1) is 13.0. The number of aromatic nitrogens is 1. The van der Waals surface area contributed by atoms with Gasteiger partial charge in [0.15, 0.2) is 0 Å². The molecule has 0 unspecified atom stereocenters. The van der Waals surface area contributed by atoms with Crippen LogP contribution in [0.15, 0.2) is 18.2 Å². The summed E-state index contributed by atoms with van der Waals surface area (Å²) in [5, 5.41) is 9.51.